The van der Waals surface area contributed by atoms with Crippen molar-refractivity contribution in [3.8, 4) is 0 Å². The van der Waals surface area contributed by atoms with Crippen molar-refractivity contribution >= 4 is 27.6 Å². The molecule has 1 N–H and O–H groups in total. The summed E-state index contributed by atoms with van der Waals surface area (Å²) >= 11 is 0. The summed E-state index contributed by atoms with van der Waals surface area (Å²) < 4.78 is 33.3. The Morgan fingerprint density at radius 1 is 1.09 bits per heavy atom. The number of carbonyl (C=O) groups excluding carboxylic acids is 2. The maximum Gasteiger partial charge on any atom is 0.328 e. The van der Waals surface area contributed by atoms with Crippen LogP contribution in [0.1, 0.15) is 31.2 Å². The first-order chi connectivity index (χ1) is 16.7. The number of ether oxygens (including phenoxy) is 1. The van der Waals surface area contributed by atoms with Crippen molar-refractivity contribution in [3.63, 3.8) is 0 Å². The van der Waals surface area contributed by atoms with E-state index in [2.05, 4.69) is 5.32 Å². The van der Waals surface area contributed by atoms with Crippen LogP contribution in [0.5, 0.6) is 0 Å². The van der Waals surface area contributed by atoms with Crippen LogP contribution >= 0.6 is 0 Å². The number of rotatable bonds is 8. The number of nitrogens with zero attached hydrogens (tertiary/aromatic N) is 2. The molecule has 0 radical (unpaired) electrons. The largest absolute Gasteiger partial charge is 0.467 e. The number of esters is 1. The molecular weight excluding hydrogens is 474 g/mol. The molecule has 2 aromatic carbocycles. The Labute approximate surface area is 203 Å². The summed E-state index contributed by atoms with van der Waals surface area (Å²) in [7, 11) is -2.73. The number of nitro benzene ring substituents is 1. The molecule has 1 saturated carbocycles. The molecule has 11 heteroatoms. The molecule has 0 aromatic heterocycles. The molecule has 2 saturated heterocycles. The zero-order chi connectivity index (χ0) is 25.2. The van der Waals surface area contributed by atoms with Crippen molar-refractivity contribution < 1.29 is 27.7 Å². The van der Waals surface area contributed by atoms with E-state index in [9.17, 15) is 28.1 Å². The van der Waals surface area contributed by atoms with Crippen LogP contribution in [0.3, 0.4) is 0 Å². The average molecular weight is 502 g/mol. The van der Waals surface area contributed by atoms with Gasteiger partial charge in [-0.3, -0.25) is 14.9 Å². The molecule has 1 amide bonds. The van der Waals surface area contributed by atoms with E-state index in [4.69, 9.17) is 4.74 Å². The SMILES string of the molecule is COC(=O)C(Cc1ccc([N+](=O)[O-])cc1)NC(=O)C1C2CCC(CC2)N1S(=O)(=O)c1ccccc1. The van der Waals surface area contributed by atoms with E-state index in [-0.39, 0.29) is 29.0 Å². The van der Waals surface area contributed by atoms with Gasteiger partial charge in [-0.1, -0.05) is 30.3 Å². The molecule has 3 aliphatic rings. The lowest BCUT2D eigenvalue weighted by Gasteiger charge is -2.49. The van der Waals surface area contributed by atoms with Crippen LogP contribution in [0.15, 0.2) is 59.5 Å². The number of hydrogen-bond donors (Lipinski definition) is 1. The minimum Gasteiger partial charge on any atom is -0.467 e. The molecule has 1 aliphatic carbocycles. The fourth-order valence-electron chi connectivity index (χ4n) is 5.08. The Balaban J connectivity index is 1.59. The first-order valence-corrected chi connectivity index (χ1v) is 12.9. The lowest BCUT2D eigenvalue weighted by molar-refractivity contribution is -0.384. The van der Waals surface area contributed by atoms with Gasteiger partial charge >= 0.3 is 5.97 Å². The average Bonchev–Trinajstić information content (AvgIpc) is 2.88. The van der Waals surface area contributed by atoms with Crippen LogP contribution in [-0.2, 0) is 30.8 Å². The molecule has 3 fully saturated rings. The van der Waals surface area contributed by atoms with Gasteiger partial charge in [-0.05, 0) is 49.3 Å². The van der Waals surface area contributed by atoms with Crippen LogP contribution in [0, 0.1) is 16.0 Å². The van der Waals surface area contributed by atoms with Crippen LogP contribution in [0.25, 0.3) is 0 Å². The third-order valence-corrected chi connectivity index (χ3v) is 8.75. The number of piperidine rings is 2. The molecule has 2 aromatic rings. The monoisotopic (exact) mass is 501 g/mol. The zero-order valence-corrected chi connectivity index (χ0v) is 20.0. The molecule has 0 spiro atoms. The Bertz CT molecular complexity index is 1190. The molecule has 35 heavy (non-hydrogen) atoms. The topological polar surface area (TPSA) is 136 Å². The first-order valence-electron chi connectivity index (χ1n) is 11.4. The summed E-state index contributed by atoms with van der Waals surface area (Å²) in [5.41, 5.74) is 0.498. The number of non-ortho nitro benzene ring substituents is 1. The third-order valence-electron chi connectivity index (χ3n) is 6.80. The van der Waals surface area contributed by atoms with Crippen LogP contribution < -0.4 is 5.32 Å². The van der Waals surface area contributed by atoms with E-state index >= 15 is 0 Å². The van der Waals surface area contributed by atoms with Crippen molar-refractivity contribution in [1.82, 2.24) is 9.62 Å². The molecule has 2 atom stereocenters. The highest BCUT2D eigenvalue weighted by atomic mass is 32.2. The number of benzene rings is 2. The van der Waals surface area contributed by atoms with Gasteiger partial charge in [0.25, 0.3) is 5.69 Å². The lowest BCUT2D eigenvalue weighted by Crippen LogP contribution is -2.63. The molecule has 5 rings (SSSR count). The minimum atomic E-state index is -3.93. The smallest absolute Gasteiger partial charge is 0.328 e. The molecule has 186 valence electrons. The summed E-state index contributed by atoms with van der Waals surface area (Å²) in [6, 6.07) is 11.4. The van der Waals surface area contributed by atoms with E-state index in [1.165, 1.54) is 47.8 Å². The molecule has 2 unspecified atom stereocenters. The number of amides is 1. The van der Waals surface area contributed by atoms with Crippen molar-refractivity contribution in [2.24, 2.45) is 5.92 Å². The van der Waals surface area contributed by atoms with E-state index in [1.807, 2.05) is 0 Å². The predicted molar refractivity (Wildman–Crippen MR) is 126 cm³/mol. The summed E-state index contributed by atoms with van der Waals surface area (Å²) in [5.74, 6) is -1.39. The van der Waals surface area contributed by atoms with Gasteiger partial charge in [0.1, 0.15) is 12.1 Å². The maximum absolute atomic E-state index is 13.5. The van der Waals surface area contributed by atoms with Gasteiger partial charge < -0.3 is 10.1 Å². The lowest BCUT2D eigenvalue weighted by atomic mass is 9.76. The molecule has 10 nitrogen and oxygen atoms in total. The Morgan fingerprint density at radius 2 is 1.71 bits per heavy atom. The summed E-state index contributed by atoms with van der Waals surface area (Å²) in [4.78, 5) is 36.5. The van der Waals surface area contributed by atoms with Gasteiger partial charge in [0.2, 0.25) is 15.9 Å². The maximum atomic E-state index is 13.5. The van der Waals surface area contributed by atoms with Crippen LogP contribution in [0.4, 0.5) is 5.69 Å². The van der Waals surface area contributed by atoms with Crippen LogP contribution in [-0.4, -0.2) is 54.8 Å². The highest BCUT2D eigenvalue weighted by Gasteiger charge is 2.51. The second-order valence-electron chi connectivity index (χ2n) is 8.87. The molecule has 2 bridgehead atoms. The van der Waals surface area contributed by atoms with E-state index in [0.717, 1.165) is 12.8 Å². The Morgan fingerprint density at radius 3 is 2.29 bits per heavy atom. The zero-order valence-electron chi connectivity index (χ0n) is 19.2. The number of nitrogens with one attached hydrogen (secondary N) is 1. The van der Waals surface area contributed by atoms with Gasteiger partial charge in [0, 0.05) is 24.6 Å². The van der Waals surface area contributed by atoms with Crippen LogP contribution in [0.2, 0.25) is 0 Å². The Hall–Kier alpha value is -3.31. The third kappa shape index (κ3) is 5.06. The summed E-state index contributed by atoms with van der Waals surface area (Å²) in [6.45, 7) is 0. The number of methoxy groups -OCH3 is 1. The number of carbonyl (C=O) groups is 2. The fourth-order valence-corrected chi connectivity index (χ4v) is 6.99. The summed E-state index contributed by atoms with van der Waals surface area (Å²) in [5, 5.41) is 13.6. The molecule has 2 heterocycles. The van der Waals surface area contributed by atoms with Gasteiger partial charge in [-0.25, -0.2) is 13.2 Å². The number of hydrogen-bond acceptors (Lipinski definition) is 7. The Kier molecular flexibility index (Phi) is 7.18. The predicted octanol–water partition coefficient (Wildman–Crippen LogP) is 2.43. The van der Waals surface area contributed by atoms with Crippen molar-refractivity contribution in [2.75, 3.05) is 7.11 Å². The van der Waals surface area contributed by atoms with Gasteiger partial charge in [-0.15, -0.1) is 0 Å². The number of nitro groups is 1. The normalized spacial score (nSPS) is 22.8. The number of sulfonamides is 1. The molecular formula is C24H27N3O7S. The van der Waals surface area contributed by atoms with Gasteiger partial charge in [0.15, 0.2) is 0 Å². The number of fused-ring (bicyclic) bond motifs is 3. The highest BCUT2D eigenvalue weighted by molar-refractivity contribution is 7.89. The fraction of sp³-hybridized carbons (Fsp3) is 0.417. The second-order valence-corrected chi connectivity index (χ2v) is 10.7. The van der Waals surface area contributed by atoms with Gasteiger partial charge in [0.05, 0.1) is 16.9 Å². The van der Waals surface area contributed by atoms with E-state index in [1.54, 1.807) is 18.2 Å². The van der Waals surface area contributed by atoms with Crippen molar-refractivity contribution in [3.05, 3.63) is 70.3 Å². The van der Waals surface area contributed by atoms with E-state index in [0.29, 0.717) is 18.4 Å². The minimum absolute atomic E-state index is 0.0443. The molecule has 2 aliphatic heterocycles. The standard InChI is InChI=1S/C24H27N3O7S/c1-34-24(29)21(15-16-7-11-19(12-8-16)27(30)31)25-23(28)22-17-9-13-18(14-10-17)26(22)35(32,33)20-5-3-2-4-6-20/h2-8,11-12,17-18,21-22H,9-10,13-15H2,1H3,(H,25,28). The van der Waals surface area contributed by atoms with Crippen molar-refractivity contribution in [2.45, 2.75) is 55.1 Å². The second kappa shape index (κ2) is 10.1. The van der Waals surface area contributed by atoms with E-state index < -0.39 is 38.9 Å². The van der Waals surface area contributed by atoms with Crippen molar-refractivity contribution in [1.29, 1.82) is 0 Å². The first kappa shape index (κ1) is 24.8. The summed E-state index contributed by atoms with van der Waals surface area (Å²) in [6.07, 6.45) is 2.87. The highest BCUT2D eigenvalue weighted by Crippen LogP contribution is 2.42. The van der Waals surface area contributed by atoms with Gasteiger partial charge in [-0.2, -0.15) is 4.31 Å². The quantitative estimate of drug-likeness (QED) is 0.333.